The number of carbonyl (C=O) groups is 1. The lowest BCUT2D eigenvalue weighted by Crippen LogP contribution is -2.33. The summed E-state index contributed by atoms with van der Waals surface area (Å²) < 4.78 is 13.3. The fraction of sp³-hybridized carbons (Fsp3) is 0.200. The third-order valence-corrected chi connectivity index (χ3v) is 5.99. The van der Waals surface area contributed by atoms with Gasteiger partial charge in [0.2, 0.25) is 0 Å². The molecule has 7 nitrogen and oxygen atoms in total. The Hall–Kier alpha value is -3.71. The van der Waals surface area contributed by atoms with Gasteiger partial charge in [-0.05, 0) is 36.4 Å². The van der Waals surface area contributed by atoms with Crippen molar-refractivity contribution >= 4 is 39.9 Å². The largest absolute Gasteiger partial charge is 0.494 e. The third-order valence-electron chi connectivity index (χ3n) is 5.68. The third kappa shape index (κ3) is 4.32. The van der Waals surface area contributed by atoms with E-state index in [9.17, 15) is 4.79 Å². The molecule has 2 heterocycles. The molecule has 0 saturated carbocycles. The smallest absolute Gasteiger partial charge is 0.262 e. The summed E-state index contributed by atoms with van der Waals surface area (Å²) in [6.45, 7) is 2.26. The van der Waals surface area contributed by atoms with E-state index in [0.717, 1.165) is 30.1 Å². The highest BCUT2D eigenvalue weighted by atomic mass is 35.5. The number of aromatic nitrogens is 2. The van der Waals surface area contributed by atoms with Crippen molar-refractivity contribution in [1.82, 2.24) is 9.55 Å². The molecule has 0 fully saturated rings. The van der Waals surface area contributed by atoms with Crippen LogP contribution in [0.4, 0.5) is 11.4 Å². The standard InChI is InChI=1S/C25H23ClN4O3/c1-32-23-14-17(29-12-13-30-21-8-4-3-7-19(21)27-24(30)15-29)10-11-20(23)28-25(31)16-33-22-9-5-2-6-18(22)26/h2-11,14H,12-13,15-16H2,1H3,(H,28,31). The van der Waals surface area contributed by atoms with Gasteiger partial charge in [0.25, 0.3) is 5.91 Å². The van der Waals surface area contributed by atoms with Gasteiger partial charge in [0.05, 0.1) is 35.4 Å². The maximum absolute atomic E-state index is 12.4. The molecule has 1 aliphatic heterocycles. The highest BCUT2D eigenvalue weighted by molar-refractivity contribution is 6.32. The van der Waals surface area contributed by atoms with Crippen molar-refractivity contribution in [2.75, 3.05) is 30.5 Å². The lowest BCUT2D eigenvalue weighted by atomic mass is 10.2. The molecule has 1 amide bonds. The summed E-state index contributed by atoms with van der Waals surface area (Å²) in [5, 5.41) is 3.31. The van der Waals surface area contributed by atoms with Crippen molar-refractivity contribution in [1.29, 1.82) is 0 Å². The van der Waals surface area contributed by atoms with E-state index >= 15 is 0 Å². The van der Waals surface area contributed by atoms with Gasteiger partial charge in [0.15, 0.2) is 6.61 Å². The van der Waals surface area contributed by atoms with Gasteiger partial charge < -0.3 is 24.3 Å². The number of hydrogen-bond donors (Lipinski definition) is 1. The Morgan fingerprint density at radius 3 is 2.73 bits per heavy atom. The van der Waals surface area contributed by atoms with Crippen LogP contribution < -0.4 is 19.7 Å². The van der Waals surface area contributed by atoms with Gasteiger partial charge in [0, 0.05) is 24.8 Å². The van der Waals surface area contributed by atoms with Crippen LogP contribution in [0.2, 0.25) is 5.02 Å². The van der Waals surface area contributed by atoms with E-state index in [1.165, 1.54) is 5.52 Å². The van der Waals surface area contributed by atoms with Crippen LogP contribution in [0.25, 0.3) is 11.0 Å². The van der Waals surface area contributed by atoms with Crippen molar-refractivity contribution in [2.45, 2.75) is 13.1 Å². The van der Waals surface area contributed by atoms with Crippen LogP contribution in [-0.4, -0.2) is 35.7 Å². The number of para-hydroxylation sites is 3. The number of nitrogens with zero attached hydrogens (tertiary/aromatic N) is 3. The zero-order chi connectivity index (χ0) is 22.8. The second kappa shape index (κ2) is 9.03. The van der Waals surface area contributed by atoms with Gasteiger partial charge in [-0.3, -0.25) is 4.79 Å². The van der Waals surface area contributed by atoms with Gasteiger partial charge in [-0.1, -0.05) is 35.9 Å². The number of carbonyl (C=O) groups excluding carboxylic acids is 1. The Bertz CT molecular complexity index is 1320. The molecule has 1 N–H and O–H groups in total. The number of ether oxygens (including phenoxy) is 2. The summed E-state index contributed by atoms with van der Waals surface area (Å²) in [5.41, 5.74) is 3.78. The zero-order valence-electron chi connectivity index (χ0n) is 18.1. The van der Waals surface area contributed by atoms with Crippen LogP contribution in [0.15, 0.2) is 66.7 Å². The molecule has 8 heteroatoms. The molecule has 0 aliphatic carbocycles. The first-order valence-corrected chi connectivity index (χ1v) is 11.0. The SMILES string of the molecule is COc1cc(N2CCn3c(nc4ccccc43)C2)ccc1NC(=O)COc1ccccc1Cl. The van der Waals surface area contributed by atoms with Gasteiger partial charge in [0.1, 0.15) is 17.3 Å². The van der Waals surface area contributed by atoms with E-state index in [1.807, 2.05) is 36.4 Å². The van der Waals surface area contributed by atoms with Gasteiger partial charge in [-0.15, -0.1) is 0 Å². The number of benzene rings is 3. The van der Waals surface area contributed by atoms with Gasteiger partial charge >= 0.3 is 0 Å². The van der Waals surface area contributed by atoms with E-state index in [2.05, 4.69) is 20.9 Å². The predicted octanol–water partition coefficient (Wildman–Crippen LogP) is 4.74. The molecule has 33 heavy (non-hydrogen) atoms. The molecule has 1 aromatic heterocycles. The lowest BCUT2D eigenvalue weighted by Gasteiger charge is -2.30. The fourth-order valence-electron chi connectivity index (χ4n) is 4.06. The van der Waals surface area contributed by atoms with E-state index in [4.69, 9.17) is 26.1 Å². The van der Waals surface area contributed by atoms with Crippen molar-refractivity contribution in [3.05, 3.63) is 77.6 Å². The number of anilines is 2. The summed E-state index contributed by atoms with van der Waals surface area (Å²) in [4.78, 5) is 19.5. The zero-order valence-corrected chi connectivity index (χ0v) is 18.9. The number of nitrogens with one attached hydrogen (secondary N) is 1. The summed E-state index contributed by atoms with van der Waals surface area (Å²) in [6, 6.07) is 21.0. The molecule has 0 saturated heterocycles. The highest BCUT2D eigenvalue weighted by Crippen LogP contribution is 2.32. The minimum Gasteiger partial charge on any atom is -0.494 e. The molecule has 0 unspecified atom stereocenters. The number of hydrogen-bond acceptors (Lipinski definition) is 5. The summed E-state index contributed by atoms with van der Waals surface area (Å²) in [5.74, 6) is 1.79. The van der Waals surface area contributed by atoms with Crippen molar-refractivity contribution in [3.8, 4) is 11.5 Å². The Balaban J connectivity index is 1.28. The fourth-order valence-corrected chi connectivity index (χ4v) is 4.25. The average Bonchev–Trinajstić information content (AvgIpc) is 3.21. The first kappa shape index (κ1) is 21.2. The molecule has 0 spiro atoms. The molecular formula is C25H23ClN4O3. The van der Waals surface area contributed by atoms with Crippen LogP contribution in [0, 0.1) is 0 Å². The molecule has 5 rings (SSSR count). The lowest BCUT2D eigenvalue weighted by molar-refractivity contribution is -0.118. The summed E-state index contributed by atoms with van der Waals surface area (Å²) >= 11 is 6.07. The number of imidazole rings is 1. The maximum atomic E-state index is 12.4. The molecule has 3 aromatic carbocycles. The van der Waals surface area contributed by atoms with Crippen molar-refractivity contribution in [3.63, 3.8) is 0 Å². The van der Waals surface area contributed by atoms with Gasteiger partial charge in [-0.2, -0.15) is 0 Å². The van der Waals surface area contributed by atoms with E-state index in [-0.39, 0.29) is 12.5 Å². The van der Waals surface area contributed by atoms with E-state index < -0.39 is 0 Å². The van der Waals surface area contributed by atoms with Crippen LogP contribution in [0.5, 0.6) is 11.5 Å². The second-order valence-corrected chi connectivity index (χ2v) is 8.15. The van der Waals surface area contributed by atoms with Crippen LogP contribution in [0.3, 0.4) is 0 Å². The Kier molecular flexibility index (Phi) is 5.79. The number of methoxy groups -OCH3 is 1. The molecule has 0 atom stereocenters. The molecule has 0 radical (unpaired) electrons. The van der Waals surface area contributed by atoms with E-state index in [1.54, 1.807) is 31.4 Å². The van der Waals surface area contributed by atoms with Crippen LogP contribution in [0.1, 0.15) is 5.82 Å². The van der Waals surface area contributed by atoms with Crippen LogP contribution >= 0.6 is 11.6 Å². The van der Waals surface area contributed by atoms with Crippen molar-refractivity contribution < 1.29 is 14.3 Å². The number of rotatable bonds is 6. The Morgan fingerprint density at radius 2 is 1.88 bits per heavy atom. The second-order valence-electron chi connectivity index (χ2n) is 7.74. The monoisotopic (exact) mass is 462 g/mol. The van der Waals surface area contributed by atoms with Crippen molar-refractivity contribution in [2.24, 2.45) is 0 Å². The summed E-state index contributed by atoms with van der Waals surface area (Å²) in [7, 11) is 1.59. The molecule has 4 aromatic rings. The average molecular weight is 463 g/mol. The summed E-state index contributed by atoms with van der Waals surface area (Å²) in [6.07, 6.45) is 0. The predicted molar refractivity (Wildman–Crippen MR) is 129 cm³/mol. The first-order valence-electron chi connectivity index (χ1n) is 10.7. The maximum Gasteiger partial charge on any atom is 0.262 e. The first-order chi connectivity index (χ1) is 16.1. The number of amides is 1. The normalized spacial score (nSPS) is 13.0. The Labute approximate surface area is 196 Å². The number of fused-ring (bicyclic) bond motifs is 3. The molecule has 0 bridgehead atoms. The quantitative estimate of drug-likeness (QED) is 0.448. The minimum absolute atomic E-state index is 0.156. The molecule has 168 valence electrons. The van der Waals surface area contributed by atoms with Gasteiger partial charge in [-0.25, -0.2) is 4.98 Å². The topological polar surface area (TPSA) is 68.6 Å². The van der Waals surface area contributed by atoms with Crippen LogP contribution in [-0.2, 0) is 17.9 Å². The van der Waals surface area contributed by atoms with E-state index in [0.29, 0.717) is 28.8 Å². The molecule has 1 aliphatic rings. The Morgan fingerprint density at radius 1 is 1.06 bits per heavy atom. The molecular weight excluding hydrogens is 440 g/mol. The number of halogens is 1. The highest BCUT2D eigenvalue weighted by Gasteiger charge is 2.21. The minimum atomic E-state index is -0.298.